The highest BCUT2D eigenvalue weighted by Gasteiger charge is 2.53. The number of amides is 6. The minimum Gasteiger partial charge on any atom is -0.454 e. The van der Waals surface area contributed by atoms with Crippen molar-refractivity contribution in [1.29, 1.82) is 0 Å². The van der Waals surface area contributed by atoms with E-state index in [9.17, 15) is 24.0 Å². The van der Waals surface area contributed by atoms with Crippen molar-refractivity contribution in [3.8, 4) is 0 Å². The maximum Gasteiger partial charge on any atom is 0.326 e. The van der Waals surface area contributed by atoms with Crippen molar-refractivity contribution < 1.29 is 28.7 Å². The van der Waals surface area contributed by atoms with Crippen LogP contribution in [-0.2, 0) is 25.7 Å². The van der Waals surface area contributed by atoms with Crippen LogP contribution in [0.25, 0.3) is 0 Å². The molecule has 1 saturated carbocycles. The molecule has 3 N–H and O–H groups in total. The molecule has 0 unspecified atom stereocenters. The van der Waals surface area contributed by atoms with E-state index in [0.717, 1.165) is 29.0 Å². The van der Waals surface area contributed by atoms with Crippen LogP contribution in [0, 0.1) is 11.3 Å². The lowest BCUT2D eigenvalue weighted by atomic mass is 9.65. The van der Waals surface area contributed by atoms with Crippen molar-refractivity contribution in [1.82, 2.24) is 20.9 Å². The van der Waals surface area contributed by atoms with Gasteiger partial charge in [-0.2, -0.15) is 0 Å². The van der Waals surface area contributed by atoms with E-state index >= 15 is 0 Å². The zero-order chi connectivity index (χ0) is 24.9. The van der Waals surface area contributed by atoms with Gasteiger partial charge in [0.15, 0.2) is 6.61 Å². The number of carbonyl (C=O) groups is 5. The normalized spacial score (nSPS) is 22.4. The molecule has 0 aromatic carbocycles. The number of rotatable bonds is 8. The highest BCUT2D eigenvalue weighted by atomic mass is 32.1. The van der Waals surface area contributed by atoms with Crippen LogP contribution in [0.3, 0.4) is 0 Å². The quantitative estimate of drug-likeness (QED) is 0.377. The van der Waals surface area contributed by atoms with Crippen LogP contribution in [0.1, 0.15) is 57.8 Å². The molecule has 6 amide bonds. The van der Waals surface area contributed by atoms with Gasteiger partial charge in [0.25, 0.3) is 11.8 Å². The molecule has 1 aliphatic carbocycles. The number of hydrogen-bond donors (Lipinski definition) is 3. The van der Waals surface area contributed by atoms with Crippen molar-refractivity contribution >= 4 is 41.2 Å². The molecule has 34 heavy (non-hydrogen) atoms. The van der Waals surface area contributed by atoms with Gasteiger partial charge >= 0.3 is 18.0 Å². The fourth-order valence-corrected chi connectivity index (χ4v) is 5.09. The van der Waals surface area contributed by atoms with Crippen molar-refractivity contribution in [3.63, 3.8) is 0 Å². The molecule has 1 saturated heterocycles. The monoisotopic (exact) mass is 492 g/mol. The van der Waals surface area contributed by atoms with Crippen LogP contribution in [0.5, 0.6) is 0 Å². The topological polar surface area (TPSA) is 134 Å². The average molecular weight is 493 g/mol. The largest absolute Gasteiger partial charge is 0.454 e. The van der Waals surface area contributed by atoms with Crippen LogP contribution >= 0.6 is 11.3 Å². The maximum absolute atomic E-state index is 13.0. The summed E-state index contributed by atoms with van der Waals surface area (Å²) in [5.74, 6) is -1.69. The third kappa shape index (κ3) is 5.94. The van der Waals surface area contributed by atoms with Crippen LogP contribution < -0.4 is 16.0 Å². The predicted molar refractivity (Wildman–Crippen MR) is 125 cm³/mol. The summed E-state index contributed by atoms with van der Waals surface area (Å²) in [5.41, 5.74) is -0.812. The number of carbonyl (C=O) groups excluding carboxylic acids is 5. The van der Waals surface area contributed by atoms with Crippen molar-refractivity contribution in [2.75, 3.05) is 13.2 Å². The smallest absolute Gasteiger partial charge is 0.326 e. The van der Waals surface area contributed by atoms with Gasteiger partial charge in [-0.25, -0.2) is 9.59 Å². The van der Waals surface area contributed by atoms with Gasteiger partial charge in [-0.1, -0.05) is 33.3 Å². The number of nitrogens with zero attached hydrogens (tertiary/aromatic N) is 1. The van der Waals surface area contributed by atoms with E-state index in [0.29, 0.717) is 18.8 Å². The van der Waals surface area contributed by atoms with Crippen LogP contribution in [-0.4, -0.2) is 53.4 Å². The SMILES string of the molecule is CCC(C)(C)C1CCC2(CC1)NC(=O)N(CC(=O)OCC(=O)NC(=O)NCc1cccs1)C2=O. The number of nitrogens with one attached hydrogen (secondary N) is 3. The minimum atomic E-state index is -0.976. The van der Waals surface area contributed by atoms with E-state index in [-0.39, 0.29) is 12.0 Å². The number of esters is 1. The summed E-state index contributed by atoms with van der Waals surface area (Å²) in [4.78, 5) is 63.0. The number of urea groups is 2. The lowest BCUT2D eigenvalue weighted by Gasteiger charge is -2.42. The molecule has 11 heteroatoms. The standard InChI is InChI=1S/C23H32N4O6S/c1-4-22(2,3)15-7-9-23(10-8-15)19(30)27(21(32)26-23)13-18(29)33-14-17(28)25-20(31)24-12-16-6-5-11-34-16/h5-6,11,15H,4,7-10,12-14H2,1-3H3,(H,26,32)(H2,24,25,28,31). The fourth-order valence-electron chi connectivity index (χ4n) is 4.45. The van der Waals surface area contributed by atoms with Crippen molar-refractivity contribution in [2.24, 2.45) is 11.3 Å². The Morgan fingerprint density at radius 2 is 1.97 bits per heavy atom. The second-order valence-electron chi connectivity index (χ2n) is 9.49. The van der Waals surface area contributed by atoms with Gasteiger partial charge in [-0.3, -0.25) is 24.6 Å². The molecule has 1 aromatic heterocycles. The first-order valence-corrected chi connectivity index (χ1v) is 12.3. The highest BCUT2D eigenvalue weighted by molar-refractivity contribution is 7.09. The second-order valence-corrected chi connectivity index (χ2v) is 10.5. The maximum atomic E-state index is 13.0. The Balaban J connectivity index is 1.43. The van der Waals surface area contributed by atoms with E-state index in [1.807, 2.05) is 17.5 Å². The summed E-state index contributed by atoms with van der Waals surface area (Å²) in [6.45, 7) is 5.56. The Morgan fingerprint density at radius 3 is 2.59 bits per heavy atom. The van der Waals surface area contributed by atoms with Gasteiger partial charge in [-0.05, 0) is 48.5 Å². The molecule has 10 nitrogen and oxygen atoms in total. The summed E-state index contributed by atoms with van der Waals surface area (Å²) in [6.07, 6.45) is 3.73. The molecule has 2 aliphatic rings. The van der Waals surface area contributed by atoms with Crippen LogP contribution in [0.4, 0.5) is 9.59 Å². The first-order chi connectivity index (χ1) is 16.1. The van der Waals surface area contributed by atoms with E-state index in [4.69, 9.17) is 4.74 Å². The number of ether oxygens (including phenoxy) is 1. The summed E-state index contributed by atoms with van der Waals surface area (Å²) in [6, 6.07) is 2.33. The van der Waals surface area contributed by atoms with Gasteiger partial charge in [-0.15, -0.1) is 11.3 Å². The molecular formula is C23H32N4O6S. The molecule has 1 aliphatic heterocycles. The number of thiophene rings is 1. The first-order valence-electron chi connectivity index (χ1n) is 11.5. The Hall–Kier alpha value is -2.95. The molecule has 0 atom stereocenters. The first kappa shape index (κ1) is 25.7. The fraction of sp³-hybridized carbons (Fsp3) is 0.609. The van der Waals surface area contributed by atoms with Gasteiger partial charge in [0.05, 0.1) is 6.54 Å². The summed E-state index contributed by atoms with van der Waals surface area (Å²) >= 11 is 1.46. The van der Waals surface area contributed by atoms with Gasteiger partial charge in [0.1, 0.15) is 12.1 Å². The molecule has 3 rings (SSSR count). The van der Waals surface area contributed by atoms with Crippen molar-refractivity contribution in [3.05, 3.63) is 22.4 Å². The highest BCUT2D eigenvalue weighted by Crippen LogP contribution is 2.45. The van der Waals surface area contributed by atoms with E-state index in [1.165, 1.54) is 11.3 Å². The molecule has 0 radical (unpaired) electrons. The Bertz CT molecular complexity index is 937. The third-order valence-corrected chi connectivity index (χ3v) is 7.89. The molecule has 1 aromatic rings. The van der Waals surface area contributed by atoms with Crippen molar-refractivity contribution in [2.45, 2.75) is 65.0 Å². The van der Waals surface area contributed by atoms with Gasteiger partial charge < -0.3 is 15.4 Å². The average Bonchev–Trinajstić information content (AvgIpc) is 3.40. The Kier molecular flexibility index (Phi) is 7.96. The van der Waals surface area contributed by atoms with Crippen LogP contribution in [0.2, 0.25) is 0 Å². The molecule has 2 heterocycles. The van der Waals surface area contributed by atoms with E-state index in [2.05, 4.69) is 36.7 Å². The van der Waals surface area contributed by atoms with Crippen LogP contribution in [0.15, 0.2) is 17.5 Å². The van der Waals surface area contributed by atoms with E-state index in [1.54, 1.807) is 0 Å². The summed E-state index contributed by atoms with van der Waals surface area (Å²) in [7, 11) is 0. The molecular weight excluding hydrogens is 460 g/mol. The minimum absolute atomic E-state index is 0.165. The van der Waals surface area contributed by atoms with E-state index < -0.39 is 48.5 Å². The second kappa shape index (κ2) is 10.5. The predicted octanol–water partition coefficient (Wildman–Crippen LogP) is 2.53. The number of imide groups is 2. The zero-order valence-electron chi connectivity index (χ0n) is 19.8. The molecule has 0 bridgehead atoms. The summed E-state index contributed by atoms with van der Waals surface area (Å²) in [5, 5.41) is 9.22. The van der Waals surface area contributed by atoms with Gasteiger partial charge in [0.2, 0.25) is 0 Å². The number of hydrogen-bond acceptors (Lipinski definition) is 7. The summed E-state index contributed by atoms with van der Waals surface area (Å²) < 4.78 is 4.86. The zero-order valence-corrected chi connectivity index (χ0v) is 20.6. The lowest BCUT2D eigenvalue weighted by Crippen LogP contribution is -2.51. The molecule has 1 spiro atoms. The molecule has 186 valence electrons. The third-order valence-electron chi connectivity index (χ3n) is 7.01. The lowest BCUT2D eigenvalue weighted by molar-refractivity contribution is -0.151. The molecule has 2 fully saturated rings. The van der Waals surface area contributed by atoms with Gasteiger partial charge in [0, 0.05) is 4.88 Å². The Labute approximate surface area is 202 Å². The Morgan fingerprint density at radius 1 is 1.26 bits per heavy atom.